The van der Waals surface area contributed by atoms with E-state index >= 15 is 0 Å². The van der Waals surface area contributed by atoms with Gasteiger partial charge in [0.05, 0.1) is 0 Å². The van der Waals surface area contributed by atoms with E-state index in [4.69, 9.17) is 4.74 Å². The fourth-order valence-corrected chi connectivity index (χ4v) is 8.89. The van der Waals surface area contributed by atoms with Crippen molar-refractivity contribution in [3.8, 4) is 0 Å². The number of hydrogen-bond donors (Lipinski definition) is 0. The monoisotopic (exact) mass is 397 g/mol. The molecular weight excluding hydrogens is 357 g/mol. The van der Waals surface area contributed by atoms with Gasteiger partial charge in [0, 0.05) is 33.8 Å². The minimum atomic E-state index is -1.30. The first-order chi connectivity index (χ1) is 11.4. The summed E-state index contributed by atoms with van der Waals surface area (Å²) in [5, 5.41) is 0. The van der Waals surface area contributed by atoms with Crippen LogP contribution in [-0.2, 0) is 21.7 Å². The summed E-state index contributed by atoms with van der Waals surface area (Å²) < 4.78 is 5.43. The molecule has 0 aliphatic heterocycles. The van der Waals surface area contributed by atoms with Crippen LogP contribution in [0, 0.1) is 0 Å². The van der Waals surface area contributed by atoms with E-state index in [2.05, 4.69) is 66.3 Å². The number of allylic oxidation sites excluding steroid dienone is 6. The molecule has 0 N–H and O–H groups in total. The molecule has 142 valence electrons. The maximum Gasteiger partial charge on any atom is 0.0425 e. The van der Waals surface area contributed by atoms with Crippen molar-refractivity contribution in [3.63, 3.8) is 0 Å². The molecule has 0 aromatic heterocycles. The normalized spacial score (nSPS) is 18.9. The SMILES string of the molecule is C=CC=CC.CCC(C)P(=NC1=CC=CC1)(C(C)CC)C(C)CC.[Ti]. The van der Waals surface area contributed by atoms with Gasteiger partial charge in [-0.15, -0.1) is 0 Å². The molecule has 0 bridgehead atoms. The van der Waals surface area contributed by atoms with Gasteiger partial charge in [0.25, 0.3) is 0 Å². The Balaban J connectivity index is 0. The molecule has 0 aromatic carbocycles. The minimum absolute atomic E-state index is 0. The molecule has 3 heteroatoms. The molecule has 0 saturated carbocycles. The average Bonchev–Trinajstić information content (AvgIpc) is 3.11. The van der Waals surface area contributed by atoms with Gasteiger partial charge in [-0.25, -0.2) is 0 Å². The fraction of sp³-hybridized carbons (Fsp3) is 0.636. The molecule has 1 aliphatic carbocycles. The number of hydrogen-bond acceptors (Lipinski definition) is 1. The van der Waals surface area contributed by atoms with Crippen LogP contribution >= 0.6 is 7.05 Å². The first kappa shape index (κ1) is 27.1. The van der Waals surface area contributed by atoms with Crippen LogP contribution in [0.3, 0.4) is 0 Å². The Bertz CT molecular complexity index is 469. The second kappa shape index (κ2) is 15.0. The molecule has 3 unspecified atom stereocenters. The van der Waals surface area contributed by atoms with Gasteiger partial charge in [0.2, 0.25) is 0 Å². The molecular formula is C22H40NPTi. The third kappa shape index (κ3) is 7.98. The summed E-state index contributed by atoms with van der Waals surface area (Å²) in [5.74, 6) is 0. The van der Waals surface area contributed by atoms with Gasteiger partial charge in [-0.05, 0) is 56.3 Å². The Kier molecular flexibility index (Phi) is 16.3. The number of nitrogens with zero attached hydrogens (tertiary/aromatic N) is 1. The summed E-state index contributed by atoms with van der Waals surface area (Å²) >= 11 is 0. The Morgan fingerprint density at radius 3 is 1.80 bits per heavy atom. The first-order valence-corrected chi connectivity index (χ1v) is 11.6. The van der Waals surface area contributed by atoms with Crippen molar-refractivity contribution in [2.45, 2.75) is 91.1 Å². The minimum Gasteiger partial charge on any atom is -0.271 e. The molecule has 0 fully saturated rings. The topological polar surface area (TPSA) is 12.4 Å². The number of rotatable bonds is 8. The van der Waals surface area contributed by atoms with Crippen LogP contribution in [0.15, 0.2) is 53.5 Å². The van der Waals surface area contributed by atoms with Crippen molar-refractivity contribution < 1.29 is 21.7 Å². The fourth-order valence-electron chi connectivity index (χ4n) is 3.35. The van der Waals surface area contributed by atoms with Crippen LogP contribution in [0.4, 0.5) is 0 Å². The summed E-state index contributed by atoms with van der Waals surface area (Å²) in [4.78, 5) is 0. The molecule has 0 saturated heterocycles. The van der Waals surface area contributed by atoms with Crippen LogP contribution in [0.1, 0.15) is 74.1 Å². The van der Waals surface area contributed by atoms with Gasteiger partial charge in [0.15, 0.2) is 0 Å². The summed E-state index contributed by atoms with van der Waals surface area (Å²) in [5.41, 5.74) is 3.57. The smallest absolute Gasteiger partial charge is 0.0425 e. The summed E-state index contributed by atoms with van der Waals surface area (Å²) in [6, 6.07) is 0. The largest absolute Gasteiger partial charge is 0.271 e. The van der Waals surface area contributed by atoms with Crippen molar-refractivity contribution in [2.75, 3.05) is 0 Å². The van der Waals surface area contributed by atoms with Crippen LogP contribution in [0.25, 0.3) is 0 Å². The van der Waals surface area contributed by atoms with Crippen molar-refractivity contribution in [1.82, 2.24) is 0 Å². The second-order valence-corrected chi connectivity index (χ2v) is 11.1. The molecule has 0 aromatic rings. The van der Waals surface area contributed by atoms with E-state index in [1.54, 1.807) is 6.08 Å². The van der Waals surface area contributed by atoms with E-state index in [1.165, 1.54) is 25.0 Å². The quantitative estimate of drug-likeness (QED) is 0.222. The Labute approximate surface area is 173 Å². The van der Waals surface area contributed by atoms with Crippen LogP contribution in [0.5, 0.6) is 0 Å². The van der Waals surface area contributed by atoms with E-state index in [9.17, 15) is 0 Å². The van der Waals surface area contributed by atoms with Gasteiger partial charge in [-0.3, -0.25) is 4.74 Å². The van der Waals surface area contributed by atoms with Crippen molar-refractivity contribution >= 4 is 7.05 Å². The van der Waals surface area contributed by atoms with E-state index in [0.717, 1.165) is 23.4 Å². The van der Waals surface area contributed by atoms with Gasteiger partial charge in [0.1, 0.15) is 0 Å². The van der Waals surface area contributed by atoms with Crippen molar-refractivity contribution in [1.29, 1.82) is 0 Å². The van der Waals surface area contributed by atoms with Crippen molar-refractivity contribution in [2.24, 2.45) is 4.74 Å². The first-order valence-electron chi connectivity index (χ1n) is 9.65. The zero-order valence-corrected chi connectivity index (χ0v) is 20.1. The van der Waals surface area contributed by atoms with E-state index in [0.29, 0.717) is 0 Å². The predicted octanol–water partition coefficient (Wildman–Crippen LogP) is 8.17. The van der Waals surface area contributed by atoms with Gasteiger partial charge < -0.3 is 0 Å². The van der Waals surface area contributed by atoms with Crippen LogP contribution < -0.4 is 0 Å². The molecule has 25 heavy (non-hydrogen) atoms. The molecule has 1 rings (SSSR count). The Morgan fingerprint density at radius 1 is 1.08 bits per heavy atom. The van der Waals surface area contributed by atoms with Gasteiger partial charge >= 0.3 is 0 Å². The maximum absolute atomic E-state index is 5.43. The van der Waals surface area contributed by atoms with Crippen LogP contribution in [0.2, 0.25) is 0 Å². The second-order valence-electron chi connectivity index (χ2n) is 6.72. The summed E-state index contributed by atoms with van der Waals surface area (Å²) in [7, 11) is -1.30. The van der Waals surface area contributed by atoms with Gasteiger partial charge in [-0.2, -0.15) is 0 Å². The molecule has 1 nitrogen and oxygen atoms in total. The molecule has 0 spiro atoms. The summed E-state index contributed by atoms with van der Waals surface area (Å²) in [6.45, 7) is 19.8. The maximum atomic E-state index is 5.43. The summed E-state index contributed by atoms with van der Waals surface area (Å²) in [6.07, 6.45) is 17.0. The molecule has 0 amide bonds. The van der Waals surface area contributed by atoms with Crippen LogP contribution in [-0.4, -0.2) is 17.0 Å². The van der Waals surface area contributed by atoms with E-state index in [1.807, 2.05) is 19.1 Å². The molecule has 1 aliphatic rings. The third-order valence-corrected chi connectivity index (χ3v) is 11.2. The average molecular weight is 397 g/mol. The predicted molar refractivity (Wildman–Crippen MR) is 115 cm³/mol. The standard InChI is InChI=1S/C17H32NP.C5H8.Ti/c1-7-14(4)19(15(5)8-2,16(6)9-3)18-17-12-10-11-13-17;1-3-5-4-2;/h10-12,14-16H,7-9,13H2,1-6H3;3-5H,1H2,2H3;. The molecule has 0 heterocycles. The zero-order valence-electron chi connectivity index (χ0n) is 17.6. The third-order valence-electron chi connectivity index (χ3n) is 5.27. The van der Waals surface area contributed by atoms with E-state index in [-0.39, 0.29) is 21.7 Å². The Hall–Kier alpha value is -0.0957. The zero-order chi connectivity index (χ0) is 18.6. The van der Waals surface area contributed by atoms with Gasteiger partial charge in [-0.1, -0.05) is 78.5 Å². The molecule has 0 radical (unpaired) electrons. The Morgan fingerprint density at radius 2 is 1.56 bits per heavy atom. The molecule has 3 atom stereocenters. The van der Waals surface area contributed by atoms with E-state index < -0.39 is 7.05 Å². The van der Waals surface area contributed by atoms with Crippen molar-refractivity contribution in [3.05, 3.63) is 48.7 Å².